The maximum atomic E-state index is 14.8. The van der Waals surface area contributed by atoms with E-state index in [-0.39, 0.29) is 18.8 Å². The van der Waals surface area contributed by atoms with E-state index in [2.05, 4.69) is 22.5 Å². The minimum absolute atomic E-state index is 0.0263. The third-order valence-electron chi connectivity index (χ3n) is 4.90. The van der Waals surface area contributed by atoms with E-state index in [0.29, 0.717) is 40.7 Å². The Kier molecular flexibility index (Phi) is 8.70. The molecule has 1 fully saturated rings. The summed E-state index contributed by atoms with van der Waals surface area (Å²) in [4.78, 5) is 16.3. The normalized spacial score (nSPS) is 17.2. The molecule has 1 aliphatic rings. The number of aromatic nitrogens is 1. The molecule has 1 aromatic carbocycles. The van der Waals surface area contributed by atoms with Crippen molar-refractivity contribution in [2.24, 2.45) is 0 Å². The molecule has 2 amide bonds. The smallest absolute Gasteiger partial charge is 0.320 e. The lowest BCUT2D eigenvalue weighted by atomic mass is 10.0. The van der Waals surface area contributed by atoms with Crippen LogP contribution in [0.5, 0.6) is 5.75 Å². The molecule has 0 bridgehead atoms. The summed E-state index contributed by atoms with van der Waals surface area (Å²) < 4.78 is 31.0. The van der Waals surface area contributed by atoms with Gasteiger partial charge in [0.1, 0.15) is 17.4 Å². The molecule has 172 valence electrons. The zero-order valence-corrected chi connectivity index (χ0v) is 18.8. The molecule has 0 radical (unpaired) electrons. The van der Waals surface area contributed by atoms with Gasteiger partial charge in [0.05, 0.1) is 17.9 Å². The van der Waals surface area contributed by atoms with E-state index >= 15 is 0 Å². The van der Waals surface area contributed by atoms with Crippen LogP contribution >= 0.6 is 11.6 Å². The summed E-state index contributed by atoms with van der Waals surface area (Å²) in [7, 11) is 1.50. The Morgan fingerprint density at radius 1 is 1.34 bits per heavy atom. The molecule has 0 saturated heterocycles. The molecular formula is C23H27ClFN3O4. The molecule has 0 aliphatic heterocycles. The van der Waals surface area contributed by atoms with Crippen LogP contribution in [0.15, 0.2) is 36.7 Å². The first-order chi connectivity index (χ1) is 15.5. The maximum absolute atomic E-state index is 14.8. The largest absolute Gasteiger partial charge is 0.501 e. The second-order valence-electron chi connectivity index (χ2n) is 7.37. The first kappa shape index (κ1) is 23.8. The monoisotopic (exact) mass is 463 g/mol. The Balaban J connectivity index is 1.69. The van der Waals surface area contributed by atoms with Crippen molar-refractivity contribution in [3.63, 3.8) is 0 Å². The number of nitrogens with one attached hydrogen (secondary N) is 2. The number of unbranched alkanes of at least 4 members (excludes halogenated alkanes) is 1. The number of anilines is 1. The highest BCUT2D eigenvalue weighted by molar-refractivity contribution is 6.30. The number of carbonyl (C=O) groups excluding carboxylic acids is 1. The number of ether oxygens (including phenoxy) is 3. The molecule has 0 unspecified atom stereocenters. The lowest BCUT2D eigenvalue weighted by molar-refractivity contribution is 0.0499. The minimum Gasteiger partial charge on any atom is -0.501 e. The van der Waals surface area contributed by atoms with Gasteiger partial charge < -0.3 is 19.5 Å². The van der Waals surface area contributed by atoms with E-state index in [0.717, 1.165) is 12.8 Å². The Morgan fingerprint density at radius 2 is 2.19 bits per heavy atom. The van der Waals surface area contributed by atoms with Crippen molar-refractivity contribution in [2.45, 2.75) is 38.1 Å². The molecule has 0 spiro atoms. The Hall–Kier alpha value is -2.84. The highest BCUT2D eigenvalue weighted by Crippen LogP contribution is 2.47. The average Bonchev–Trinajstić information content (AvgIpc) is 3.52. The highest BCUT2D eigenvalue weighted by atomic mass is 35.5. The van der Waals surface area contributed by atoms with Crippen molar-refractivity contribution in [3.05, 3.63) is 58.7 Å². The number of methoxy groups -OCH3 is 1. The zero-order chi connectivity index (χ0) is 22.9. The number of carbonyl (C=O) groups is 1. The molecule has 1 aromatic heterocycles. The summed E-state index contributed by atoms with van der Waals surface area (Å²) in [6.07, 6.45) is 7.34. The van der Waals surface area contributed by atoms with E-state index in [4.69, 9.17) is 25.8 Å². The average molecular weight is 464 g/mol. The fourth-order valence-corrected chi connectivity index (χ4v) is 3.32. The first-order valence-electron chi connectivity index (χ1n) is 10.4. The molecule has 9 heteroatoms. The quantitative estimate of drug-likeness (QED) is 0.268. The molecule has 1 saturated carbocycles. The number of benzene rings is 1. The van der Waals surface area contributed by atoms with Crippen LogP contribution < -0.4 is 15.4 Å². The van der Waals surface area contributed by atoms with Crippen LogP contribution in [-0.2, 0) is 9.47 Å². The number of hydrogen-bond donors (Lipinski definition) is 2. The predicted molar refractivity (Wildman–Crippen MR) is 121 cm³/mol. The summed E-state index contributed by atoms with van der Waals surface area (Å²) in [5, 5.41) is 5.96. The van der Waals surface area contributed by atoms with Crippen molar-refractivity contribution < 1.29 is 23.4 Å². The van der Waals surface area contributed by atoms with E-state index in [1.807, 2.05) is 0 Å². The predicted octanol–water partition coefficient (Wildman–Crippen LogP) is 5.32. The summed E-state index contributed by atoms with van der Waals surface area (Å²) >= 11 is 5.80. The van der Waals surface area contributed by atoms with Crippen molar-refractivity contribution in [2.75, 3.05) is 25.8 Å². The van der Waals surface area contributed by atoms with Crippen LogP contribution in [-0.4, -0.2) is 37.6 Å². The van der Waals surface area contributed by atoms with Crippen LogP contribution in [0.25, 0.3) is 6.08 Å². The number of halogens is 2. The van der Waals surface area contributed by atoms with Gasteiger partial charge in [-0.15, -0.1) is 0 Å². The van der Waals surface area contributed by atoms with Crippen LogP contribution in [0.4, 0.5) is 15.0 Å². The Bertz CT molecular complexity index is 940. The van der Waals surface area contributed by atoms with Crippen molar-refractivity contribution in [1.82, 2.24) is 10.3 Å². The van der Waals surface area contributed by atoms with Crippen molar-refractivity contribution in [1.29, 1.82) is 0 Å². The Morgan fingerprint density at radius 3 is 2.91 bits per heavy atom. The molecule has 1 aliphatic carbocycles. The second-order valence-corrected chi connectivity index (χ2v) is 7.80. The van der Waals surface area contributed by atoms with E-state index in [1.54, 1.807) is 30.5 Å². The van der Waals surface area contributed by atoms with Crippen molar-refractivity contribution >= 4 is 29.5 Å². The van der Waals surface area contributed by atoms with Gasteiger partial charge in [0, 0.05) is 36.4 Å². The SMILES string of the molecule is CCCCOC=Cc1ccc(F)c([C@H]2C[C@H]2NC(=O)Nc2ccc(Cl)cn2)c1OCOC. The molecule has 2 atom stereocenters. The number of amides is 2. The molecule has 7 nitrogen and oxygen atoms in total. The van der Waals surface area contributed by atoms with Gasteiger partial charge in [0.25, 0.3) is 0 Å². The van der Waals surface area contributed by atoms with Gasteiger partial charge >= 0.3 is 6.03 Å². The van der Waals surface area contributed by atoms with Crippen molar-refractivity contribution in [3.8, 4) is 5.75 Å². The summed E-state index contributed by atoms with van der Waals surface area (Å²) in [6, 6.07) is 5.60. The first-order valence-corrected chi connectivity index (χ1v) is 10.8. The second kappa shape index (κ2) is 11.7. The third-order valence-corrected chi connectivity index (χ3v) is 5.12. The third kappa shape index (κ3) is 6.58. The molecule has 32 heavy (non-hydrogen) atoms. The topological polar surface area (TPSA) is 81.7 Å². The molecular weight excluding hydrogens is 437 g/mol. The van der Waals surface area contributed by atoms with E-state index in [1.165, 1.54) is 19.4 Å². The standard InChI is InChI=1S/C23H27ClFN3O4/c1-3-4-10-31-11-9-15-5-7-18(25)21(22(15)32-14-30-2)17-12-19(17)27-23(29)28-20-8-6-16(24)13-26-20/h5-9,11,13,17,19H,3-4,10,12,14H2,1-2H3,(H2,26,27,28,29)/t17-,19+/m0/s1. The van der Waals surface area contributed by atoms with E-state index in [9.17, 15) is 9.18 Å². The summed E-state index contributed by atoms with van der Waals surface area (Å²) in [6.45, 7) is 2.67. The maximum Gasteiger partial charge on any atom is 0.320 e. The van der Waals surface area contributed by atoms with Crippen LogP contribution in [0, 0.1) is 5.82 Å². The molecule has 2 N–H and O–H groups in total. The van der Waals surface area contributed by atoms with Crippen LogP contribution in [0.2, 0.25) is 5.02 Å². The van der Waals surface area contributed by atoms with Gasteiger partial charge in [-0.05, 0) is 43.2 Å². The van der Waals surface area contributed by atoms with Crippen LogP contribution in [0.3, 0.4) is 0 Å². The molecule has 3 rings (SSSR count). The minimum atomic E-state index is -0.424. The van der Waals surface area contributed by atoms with Gasteiger partial charge in [-0.2, -0.15) is 0 Å². The number of urea groups is 1. The van der Waals surface area contributed by atoms with E-state index < -0.39 is 11.8 Å². The molecule has 1 heterocycles. The Labute approximate surface area is 191 Å². The van der Waals surface area contributed by atoms with Gasteiger partial charge in [-0.1, -0.05) is 24.9 Å². The summed E-state index contributed by atoms with van der Waals surface area (Å²) in [5.41, 5.74) is 1.09. The van der Waals surface area contributed by atoms with Gasteiger partial charge in [0.2, 0.25) is 0 Å². The lowest BCUT2D eigenvalue weighted by Gasteiger charge is -2.15. The van der Waals surface area contributed by atoms with Gasteiger partial charge in [0.15, 0.2) is 6.79 Å². The zero-order valence-electron chi connectivity index (χ0n) is 18.1. The molecule has 2 aromatic rings. The number of rotatable bonds is 11. The number of nitrogens with zero attached hydrogens (tertiary/aromatic N) is 1. The fourth-order valence-electron chi connectivity index (χ4n) is 3.21. The van der Waals surface area contributed by atoms with Gasteiger partial charge in [-0.25, -0.2) is 14.2 Å². The van der Waals surface area contributed by atoms with Crippen LogP contribution in [0.1, 0.15) is 43.2 Å². The number of hydrogen-bond acceptors (Lipinski definition) is 5. The fraction of sp³-hybridized carbons (Fsp3) is 0.391. The lowest BCUT2D eigenvalue weighted by Crippen LogP contribution is -2.31. The van der Waals surface area contributed by atoms with Gasteiger partial charge in [-0.3, -0.25) is 5.32 Å². The highest BCUT2D eigenvalue weighted by Gasteiger charge is 2.43. The summed E-state index contributed by atoms with van der Waals surface area (Å²) in [5.74, 6) is 0.139. The number of pyridine rings is 1.